The zero-order chi connectivity index (χ0) is 10.9. The molecule has 0 aliphatic heterocycles. The third-order valence-electron chi connectivity index (χ3n) is 3.41. The molecule has 0 aromatic heterocycles. The maximum atomic E-state index is 9.88. The summed E-state index contributed by atoms with van der Waals surface area (Å²) < 4.78 is 0. The molecule has 82 valence electrons. The Morgan fingerprint density at radius 2 is 1.87 bits per heavy atom. The average molecular weight is 225 g/mol. The molecule has 2 rings (SSSR count). The molecule has 1 aromatic carbocycles. The summed E-state index contributed by atoms with van der Waals surface area (Å²) in [6, 6.07) is 8.05. The maximum Gasteiger partial charge on any atom is 0.0620 e. The molecule has 15 heavy (non-hydrogen) atoms. The Kier molecular flexibility index (Phi) is 3.03. The molecule has 1 aliphatic rings. The Morgan fingerprint density at radius 3 is 2.47 bits per heavy atom. The van der Waals surface area contributed by atoms with Crippen molar-refractivity contribution in [2.75, 3.05) is 0 Å². The Bertz CT molecular complexity index is 336. The van der Waals surface area contributed by atoms with Crippen LogP contribution in [-0.2, 0) is 0 Å². The van der Waals surface area contributed by atoms with Crippen molar-refractivity contribution in [2.45, 2.75) is 44.1 Å². The van der Waals surface area contributed by atoms with Crippen molar-refractivity contribution >= 4 is 11.6 Å². The van der Waals surface area contributed by atoms with Gasteiger partial charge in [0.2, 0.25) is 0 Å². The van der Waals surface area contributed by atoms with E-state index in [0.717, 1.165) is 30.7 Å². The normalized spacial score (nSPS) is 31.5. The molecular weight excluding hydrogens is 208 g/mol. The van der Waals surface area contributed by atoms with E-state index in [0.29, 0.717) is 5.92 Å². The summed E-state index contributed by atoms with van der Waals surface area (Å²) in [5.41, 5.74) is 0.785. The van der Waals surface area contributed by atoms with Gasteiger partial charge in [0, 0.05) is 5.02 Å². The quantitative estimate of drug-likeness (QED) is 0.771. The van der Waals surface area contributed by atoms with E-state index in [1.54, 1.807) is 0 Å². The summed E-state index contributed by atoms with van der Waals surface area (Å²) in [7, 11) is 0. The number of hydrogen-bond acceptors (Lipinski definition) is 1. The summed E-state index contributed by atoms with van der Waals surface area (Å²) in [6.07, 6.45) is 3.83. The molecule has 0 unspecified atom stereocenters. The summed E-state index contributed by atoms with van der Waals surface area (Å²) in [5.74, 6) is 0.527. The van der Waals surface area contributed by atoms with Crippen LogP contribution in [0.2, 0.25) is 5.02 Å². The topological polar surface area (TPSA) is 20.2 Å². The summed E-state index contributed by atoms with van der Waals surface area (Å²) >= 11 is 6.17. The predicted molar refractivity (Wildman–Crippen MR) is 63.3 cm³/mol. The van der Waals surface area contributed by atoms with Gasteiger partial charge in [-0.05, 0) is 50.2 Å². The van der Waals surface area contributed by atoms with E-state index in [9.17, 15) is 5.11 Å². The first-order valence-corrected chi connectivity index (χ1v) is 5.93. The van der Waals surface area contributed by atoms with Crippen molar-refractivity contribution in [3.05, 3.63) is 34.9 Å². The molecule has 1 saturated carbocycles. The van der Waals surface area contributed by atoms with E-state index in [1.807, 2.05) is 25.1 Å². The minimum atomic E-state index is -0.461. The minimum absolute atomic E-state index is 0.461. The summed E-state index contributed by atoms with van der Waals surface area (Å²) in [5, 5.41) is 10.7. The fourth-order valence-electron chi connectivity index (χ4n) is 2.36. The van der Waals surface area contributed by atoms with Gasteiger partial charge in [-0.1, -0.05) is 29.8 Å². The number of aliphatic hydroxyl groups is 1. The Morgan fingerprint density at radius 1 is 1.27 bits per heavy atom. The smallest absolute Gasteiger partial charge is 0.0620 e. The van der Waals surface area contributed by atoms with Crippen molar-refractivity contribution in [1.82, 2.24) is 0 Å². The largest absolute Gasteiger partial charge is 0.390 e. The average Bonchev–Trinajstić information content (AvgIpc) is 2.19. The second-order valence-electron chi connectivity index (χ2n) is 4.79. The molecule has 1 fully saturated rings. The van der Waals surface area contributed by atoms with Crippen LogP contribution >= 0.6 is 11.6 Å². The van der Waals surface area contributed by atoms with Crippen LogP contribution < -0.4 is 0 Å². The van der Waals surface area contributed by atoms with Crippen molar-refractivity contribution in [3.8, 4) is 0 Å². The van der Waals surface area contributed by atoms with E-state index in [-0.39, 0.29) is 0 Å². The number of halogens is 1. The highest BCUT2D eigenvalue weighted by Crippen LogP contribution is 2.39. The Labute approximate surface area is 96.1 Å². The second-order valence-corrected chi connectivity index (χ2v) is 5.20. The monoisotopic (exact) mass is 224 g/mol. The van der Waals surface area contributed by atoms with Gasteiger partial charge in [-0.15, -0.1) is 0 Å². The van der Waals surface area contributed by atoms with Gasteiger partial charge in [-0.25, -0.2) is 0 Å². The highest BCUT2D eigenvalue weighted by molar-refractivity contribution is 6.31. The number of hydrogen-bond donors (Lipinski definition) is 1. The highest BCUT2D eigenvalue weighted by atomic mass is 35.5. The van der Waals surface area contributed by atoms with Gasteiger partial charge in [0.05, 0.1) is 5.60 Å². The third kappa shape index (κ3) is 2.53. The first-order valence-electron chi connectivity index (χ1n) is 5.55. The standard InChI is InChI=1S/C13H17ClO/c1-13(15)8-6-10(7-9-13)11-4-2-3-5-12(11)14/h2-5,10,15H,6-9H2,1H3. The van der Waals surface area contributed by atoms with Crippen molar-refractivity contribution in [2.24, 2.45) is 0 Å². The molecule has 0 spiro atoms. The van der Waals surface area contributed by atoms with Crippen LogP contribution in [0.5, 0.6) is 0 Å². The Hall–Kier alpha value is -0.530. The highest BCUT2D eigenvalue weighted by Gasteiger charge is 2.29. The van der Waals surface area contributed by atoms with Crippen molar-refractivity contribution in [1.29, 1.82) is 0 Å². The van der Waals surface area contributed by atoms with Gasteiger partial charge in [-0.3, -0.25) is 0 Å². The van der Waals surface area contributed by atoms with Crippen molar-refractivity contribution < 1.29 is 5.11 Å². The van der Waals surface area contributed by atoms with Crippen LogP contribution in [0, 0.1) is 0 Å². The zero-order valence-corrected chi connectivity index (χ0v) is 9.80. The SMILES string of the molecule is CC1(O)CCC(c2ccccc2Cl)CC1. The van der Waals surface area contributed by atoms with E-state index in [2.05, 4.69) is 6.07 Å². The lowest BCUT2D eigenvalue weighted by Crippen LogP contribution is -2.29. The molecule has 0 atom stereocenters. The molecule has 0 heterocycles. The lowest BCUT2D eigenvalue weighted by Gasteiger charge is -2.33. The molecule has 0 saturated heterocycles. The molecule has 1 N–H and O–H groups in total. The van der Waals surface area contributed by atoms with Gasteiger partial charge in [0.1, 0.15) is 0 Å². The molecule has 0 radical (unpaired) electrons. The fourth-order valence-corrected chi connectivity index (χ4v) is 2.65. The van der Waals surface area contributed by atoms with Crippen LogP contribution in [-0.4, -0.2) is 10.7 Å². The molecular formula is C13H17ClO. The predicted octanol–water partition coefficient (Wildman–Crippen LogP) is 3.75. The third-order valence-corrected chi connectivity index (χ3v) is 3.75. The first-order chi connectivity index (χ1) is 7.08. The van der Waals surface area contributed by atoms with Crippen LogP contribution in [0.1, 0.15) is 44.1 Å². The van der Waals surface area contributed by atoms with Crippen LogP contribution in [0.4, 0.5) is 0 Å². The first kappa shape index (κ1) is 11.0. The molecule has 1 nitrogen and oxygen atoms in total. The zero-order valence-electron chi connectivity index (χ0n) is 9.04. The second kappa shape index (κ2) is 4.15. The molecule has 0 bridgehead atoms. The van der Waals surface area contributed by atoms with Gasteiger partial charge in [0.15, 0.2) is 0 Å². The minimum Gasteiger partial charge on any atom is -0.390 e. The van der Waals surface area contributed by atoms with Gasteiger partial charge in [-0.2, -0.15) is 0 Å². The van der Waals surface area contributed by atoms with Crippen LogP contribution in [0.15, 0.2) is 24.3 Å². The van der Waals surface area contributed by atoms with Gasteiger partial charge >= 0.3 is 0 Å². The van der Waals surface area contributed by atoms with Gasteiger partial charge < -0.3 is 5.11 Å². The van der Waals surface area contributed by atoms with E-state index in [4.69, 9.17) is 11.6 Å². The lowest BCUT2D eigenvalue weighted by atomic mass is 9.77. The lowest BCUT2D eigenvalue weighted by molar-refractivity contribution is 0.0172. The summed E-state index contributed by atoms with van der Waals surface area (Å²) in [4.78, 5) is 0. The van der Waals surface area contributed by atoms with E-state index >= 15 is 0 Å². The molecule has 0 amide bonds. The van der Waals surface area contributed by atoms with E-state index < -0.39 is 5.60 Å². The Balaban J connectivity index is 2.11. The number of rotatable bonds is 1. The van der Waals surface area contributed by atoms with Gasteiger partial charge in [0.25, 0.3) is 0 Å². The number of benzene rings is 1. The molecule has 1 aromatic rings. The maximum absolute atomic E-state index is 9.88. The molecule has 1 aliphatic carbocycles. The van der Waals surface area contributed by atoms with E-state index in [1.165, 1.54) is 5.56 Å². The van der Waals surface area contributed by atoms with Crippen LogP contribution in [0.3, 0.4) is 0 Å². The summed E-state index contributed by atoms with van der Waals surface area (Å²) in [6.45, 7) is 1.93. The fraction of sp³-hybridized carbons (Fsp3) is 0.538. The van der Waals surface area contributed by atoms with Crippen LogP contribution in [0.25, 0.3) is 0 Å². The van der Waals surface area contributed by atoms with Crippen molar-refractivity contribution in [3.63, 3.8) is 0 Å². The molecule has 2 heteroatoms.